The van der Waals surface area contributed by atoms with Gasteiger partial charge in [0, 0.05) is 17.5 Å². The highest BCUT2D eigenvalue weighted by Crippen LogP contribution is 2.47. The highest BCUT2D eigenvalue weighted by atomic mass is 32.2. The summed E-state index contributed by atoms with van der Waals surface area (Å²) in [5.41, 5.74) is -0.441. The molecule has 0 spiro atoms. The zero-order chi connectivity index (χ0) is 25.2. The first-order valence-electron chi connectivity index (χ1n) is 11.8. The summed E-state index contributed by atoms with van der Waals surface area (Å²) in [6.45, 7) is 5.82. The van der Waals surface area contributed by atoms with Crippen molar-refractivity contribution in [2.24, 2.45) is 16.8 Å². The van der Waals surface area contributed by atoms with Crippen LogP contribution in [-0.4, -0.2) is 47.2 Å². The van der Waals surface area contributed by atoms with E-state index in [2.05, 4.69) is 0 Å². The predicted octanol–water partition coefficient (Wildman–Crippen LogP) is 4.47. The SMILES string of the molecule is COc1ccc(S(=O)(=O)n2cc(C(=O)C3=NC(C)(C)[C@H]4CC[C@@](C)(O)[C@@H]3C4)c3ccccc32)cc1. The number of aromatic nitrogens is 1. The molecule has 1 aromatic heterocycles. The van der Waals surface area contributed by atoms with Crippen molar-refractivity contribution in [1.29, 1.82) is 0 Å². The van der Waals surface area contributed by atoms with E-state index in [9.17, 15) is 18.3 Å². The molecule has 5 rings (SSSR count). The number of ether oxygens (including phenoxy) is 1. The molecular formula is C27H30N2O5S. The molecule has 1 saturated carbocycles. The number of fused-ring (bicyclic) bond motifs is 3. The number of aliphatic hydroxyl groups is 1. The number of carbonyl (C=O) groups is 1. The van der Waals surface area contributed by atoms with Gasteiger partial charge in [-0.25, -0.2) is 12.4 Å². The van der Waals surface area contributed by atoms with E-state index >= 15 is 0 Å². The Balaban J connectivity index is 1.65. The molecule has 2 heterocycles. The molecule has 0 amide bonds. The van der Waals surface area contributed by atoms with Crippen LogP contribution in [0.3, 0.4) is 0 Å². The molecule has 1 aliphatic carbocycles. The third-order valence-electron chi connectivity index (χ3n) is 7.78. The summed E-state index contributed by atoms with van der Waals surface area (Å²) in [7, 11) is -2.46. The zero-order valence-electron chi connectivity index (χ0n) is 20.4. The largest absolute Gasteiger partial charge is 0.497 e. The van der Waals surface area contributed by atoms with Crippen molar-refractivity contribution in [2.75, 3.05) is 7.11 Å². The summed E-state index contributed by atoms with van der Waals surface area (Å²) in [4.78, 5) is 18.9. The lowest BCUT2D eigenvalue weighted by Crippen LogP contribution is -2.54. The monoisotopic (exact) mass is 494 g/mol. The molecule has 184 valence electrons. The van der Waals surface area contributed by atoms with Crippen LogP contribution in [0.5, 0.6) is 5.75 Å². The number of carbonyl (C=O) groups excluding carboxylic acids is 1. The van der Waals surface area contributed by atoms with Gasteiger partial charge in [-0.2, -0.15) is 0 Å². The van der Waals surface area contributed by atoms with Crippen molar-refractivity contribution in [3.05, 3.63) is 60.3 Å². The van der Waals surface area contributed by atoms with Gasteiger partial charge in [0.2, 0.25) is 5.78 Å². The average Bonchev–Trinajstić information content (AvgIpc) is 3.22. The zero-order valence-corrected chi connectivity index (χ0v) is 21.2. The Hall–Kier alpha value is -2.97. The Labute approximate surface area is 205 Å². The Morgan fingerprint density at radius 3 is 2.49 bits per heavy atom. The standard InChI is InChI=1S/C27H30N2O5S/c1-26(2)17-13-14-27(3,31)22(15-17)24(28-26)25(30)21-16-29(23-8-6-5-7-20(21)23)35(32,33)19-11-9-18(34-4)10-12-19/h5-12,16-17,22,31H,13-15H2,1-4H3/t17-,22+,27+/m0/s1. The van der Waals surface area contributed by atoms with Gasteiger partial charge in [0.1, 0.15) is 5.75 Å². The van der Waals surface area contributed by atoms with Gasteiger partial charge in [0.25, 0.3) is 10.0 Å². The molecule has 0 saturated heterocycles. The van der Waals surface area contributed by atoms with Crippen LogP contribution in [0.15, 0.2) is 64.6 Å². The van der Waals surface area contributed by atoms with Gasteiger partial charge in [0.15, 0.2) is 0 Å². The minimum atomic E-state index is -3.98. The normalized spacial score (nSPS) is 25.8. The van der Waals surface area contributed by atoms with Gasteiger partial charge in [-0.05, 0) is 76.3 Å². The van der Waals surface area contributed by atoms with Crippen LogP contribution in [0.2, 0.25) is 0 Å². The Morgan fingerprint density at radius 2 is 1.80 bits per heavy atom. The number of aliphatic imine (C=N–C) groups is 1. The lowest BCUT2D eigenvalue weighted by molar-refractivity contribution is -0.0346. The topological polar surface area (TPSA) is 98.0 Å². The Kier molecular flexibility index (Phi) is 5.45. The van der Waals surface area contributed by atoms with Crippen molar-refractivity contribution >= 4 is 32.4 Å². The first-order chi connectivity index (χ1) is 16.5. The first-order valence-corrected chi connectivity index (χ1v) is 13.3. The van der Waals surface area contributed by atoms with E-state index in [1.54, 1.807) is 43.3 Å². The van der Waals surface area contributed by atoms with Crippen LogP contribution in [0.4, 0.5) is 0 Å². The van der Waals surface area contributed by atoms with Crippen LogP contribution in [0, 0.1) is 11.8 Å². The number of benzene rings is 2. The number of nitrogens with zero attached hydrogens (tertiary/aromatic N) is 2. The van der Waals surface area contributed by atoms with E-state index in [0.29, 0.717) is 41.1 Å². The van der Waals surface area contributed by atoms with Crippen LogP contribution in [0.1, 0.15) is 50.4 Å². The molecule has 3 aromatic rings. The van der Waals surface area contributed by atoms with Gasteiger partial charge < -0.3 is 9.84 Å². The maximum Gasteiger partial charge on any atom is 0.268 e. The number of methoxy groups -OCH3 is 1. The van der Waals surface area contributed by atoms with Crippen molar-refractivity contribution < 1.29 is 23.1 Å². The highest BCUT2D eigenvalue weighted by molar-refractivity contribution is 7.90. The summed E-state index contributed by atoms with van der Waals surface area (Å²) in [5, 5.41) is 11.7. The van der Waals surface area contributed by atoms with E-state index in [-0.39, 0.29) is 22.2 Å². The van der Waals surface area contributed by atoms with E-state index in [1.807, 2.05) is 13.8 Å². The lowest BCUT2D eigenvalue weighted by Gasteiger charge is -2.49. The second-order valence-electron chi connectivity index (χ2n) is 10.4. The number of ketones is 1. The fraction of sp³-hybridized carbons (Fsp3) is 0.407. The van der Waals surface area contributed by atoms with Gasteiger partial charge in [-0.15, -0.1) is 0 Å². The molecule has 2 aromatic carbocycles. The van der Waals surface area contributed by atoms with E-state index in [4.69, 9.17) is 9.73 Å². The van der Waals surface area contributed by atoms with Crippen LogP contribution < -0.4 is 4.74 Å². The van der Waals surface area contributed by atoms with Crippen LogP contribution in [0.25, 0.3) is 10.9 Å². The molecule has 1 N–H and O–H groups in total. The number of hydrogen-bond acceptors (Lipinski definition) is 6. The Bertz CT molecular complexity index is 1450. The summed E-state index contributed by atoms with van der Waals surface area (Å²) in [6, 6.07) is 13.1. The average molecular weight is 495 g/mol. The van der Waals surface area contributed by atoms with Crippen molar-refractivity contribution in [3.63, 3.8) is 0 Å². The highest BCUT2D eigenvalue weighted by Gasteiger charge is 2.50. The molecule has 2 aliphatic rings. The Morgan fingerprint density at radius 1 is 1.11 bits per heavy atom. The molecule has 1 aliphatic heterocycles. The summed E-state index contributed by atoms with van der Waals surface area (Å²) < 4.78 is 33.5. The molecule has 0 unspecified atom stereocenters. The summed E-state index contributed by atoms with van der Waals surface area (Å²) in [6.07, 6.45) is 3.55. The van der Waals surface area contributed by atoms with Crippen molar-refractivity contribution in [2.45, 2.75) is 56.1 Å². The van der Waals surface area contributed by atoms with Crippen LogP contribution in [-0.2, 0) is 10.0 Å². The smallest absolute Gasteiger partial charge is 0.268 e. The fourth-order valence-electron chi connectivity index (χ4n) is 5.56. The molecule has 1 fully saturated rings. The van der Waals surface area contributed by atoms with Crippen molar-refractivity contribution in [3.8, 4) is 5.75 Å². The predicted molar refractivity (Wildman–Crippen MR) is 135 cm³/mol. The van der Waals surface area contributed by atoms with Crippen molar-refractivity contribution in [1.82, 2.24) is 3.97 Å². The van der Waals surface area contributed by atoms with E-state index in [0.717, 1.165) is 10.4 Å². The minimum absolute atomic E-state index is 0.0900. The minimum Gasteiger partial charge on any atom is -0.497 e. The molecule has 2 bridgehead atoms. The summed E-state index contributed by atoms with van der Waals surface area (Å²) >= 11 is 0. The van der Waals surface area contributed by atoms with E-state index < -0.39 is 21.2 Å². The maximum atomic E-state index is 14.0. The molecular weight excluding hydrogens is 464 g/mol. The summed E-state index contributed by atoms with van der Waals surface area (Å²) in [5.74, 6) is 0.125. The second-order valence-corrected chi connectivity index (χ2v) is 12.2. The molecule has 35 heavy (non-hydrogen) atoms. The quantitative estimate of drug-likeness (QED) is 0.528. The third-order valence-corrected chi connectivity index (χ3v) is 9.47. The fourth-order valence-corrected chi connectivity index (χ4v) is 6.93. The van der Waals surface area contributed by atoms with Gasteiger partial charge in [-0.3, -0.25) is 9.79 Å². The van der Waals surface area contributed by atoms with Gasteiger partial charge >= 0.3 is 0 Å². The second kappa shape index (κ2) is 8.03. The number of Topliss-reactive ketones (excluding diaryl/α,β-unsaturated/α-hetero) is 1. The number of hydrogen-bond donors (Lipinski definition) is 1. The third kappa shape index (κ3) is 3.79. The molecule has 3 atom stereocenters. The molecule has 7 nitrogen and oxygen atoms in total. The lowest BCUT2D eigenvalue weighted by atomic mass is 9.62. The van der Waals surface area contributed by atoms with Gasteiger partial charge in [-0.1, -0.05) is 18.2 Å². The number of rotatable bonds is 5. The maximum absolute atomic E-state index is 14.0. The van der Waals surface area contributed by atoms with Crippen LogP contribution >= 0.6 is 0 Å². The first kappa shape index (κ1) is 23.8. The van der Waals surface area contributed by atoms with E-state index in [1.165, 1.54) is 25.4 Å². The van der Waals surface area contributed by atoms with Gasteiger partial charge in [0.05, 0.1) is 39.9 Å². The number of para-hydroxylation sites is 1. The molecule has 0 radical (unpaired) electrons. The molecule has 8 heteroatoms.